The minimum absolute atomic E-state index is 0.369. The number of nitrogens with zero attached hydrogens (tertiary/aromatic N) is 4. The Hall–Kier alpha value is 0.210. The summed E-state index contributed by atoms with van der Waals surface area (Å²) in [6.45, 7) is 3.26. The van der Waals surface area contributed by atoms with E-state index in [-0.39, 0.29) is 0 Å². The molecule has 0 radical (unpaired) electrons. The summed E-state index contributed by atoms with van der Waals surface area (Å²) in [5, 5.41) is 0. The van der Waals surface area contributed by atoms with Crippen molar-refractivity contribution in [3.63, 3.8) is 0 Å². The first-order valence-corrected chi connectivity index (χ1v) is 6.40. The van der Waals surface area contributed by atoms with Gasteiger partial charge in [0.2, 0.25) is 0 Å². The fourth-order valence-electron chi connectivity index (χ4n) is 1.64. The van der Waals surface area contributed by atoms with E-state index in [1.807, 2.05) is 0 Å². The molecule has 1 fully saturated rings. The maximum absolute atomic E-state index is 4.44. The molecule has 0 saturated carbocycles. The van der Waals surface area contributed by atoms with Crippen LogP contribution in [0.1, 0.15) is 11.9 Å². The molecule has 2 heterocycles. The SMILES string of the molecule is CN1CCN(C)C(c2nsc(I)n2)C1. The van der Waals surface area contributed by atoms with E-state index in [0.29, 0.717) is 6.04 Å². The van der Waals surface area contributed by atoms with Gasteiger partial charge < -0.3 is 4.90 Å². The molecule has 0 amide bonds. The summed E-state index contributed by atoms with van der Waals surface area (Å²) in [7, 11) is 4.29. The molecular weight excluding hydrogens is 311 g/mol. The number of aromatic nitrogens is 2. The lowest BCUT2D eigenvalue weighted by molar-refractivity contribution is 0.110. The fraction of sp³-hybridized carbons (Fsp3) is 0.750. The van der Waals surface area contributed by atoms with Gasteiger partial charge in [0, 0.05) is 19.6 Å². The van der Waals surface area contributed by atoms with E-state index in [1.165, 1.54) is 11.5 Å². The molecule has 0 bridgehead atoms. The summed E-state index contributed by atoms with van der Waals surface area (Å²) >= 11 is 3.70. The van der Waals surface area contributed by atoms with Crippen LogP contribution in [0.2, 0.25) is 0 Å². The molecule has 78 valence electrons. The van der Waals surface area contributed by atoms with Crippen LogP contribution in [0.15, 0.2) is 0 Å². The second kappa shape index (κ2) is 4.38. The zero-order chi connectivity index (χ0) is 10.1. The molecule has 0 aromatic carbocycles. The van der Waals surface area contributed by atoms with Gasteiger partial charge in [0.15, 0.2) is 8.84 Å². The number of rotatable bonds is 1. The first-order valence-electron chi connectivity index (χ1n) is 4.54. The van der Waals surface area contributed by atoms with Crippen molar-refractivity contribution in [2.45, 2.75) is 6.04 Å². The molecule has 1 aromatic heterocycles. The number of halogens is 1. The largest absolute Gasteiger partial charge is 0.303 e. The van der Waals surface area contributed by atoms with Gasteiger partial charge in [0.25, 0.3) is 0 Å². The Kier molecular flexibility index (Phi) is 3.35. The number of likely N-dealkylation sites (N-methyl/N-ethyl adjacent to an activating group) is 2. The maximum atomic E-state index is 4.44. The number of piperazine rings is 1. The zero-order valence-corrected chi connectivity index (χ0v) is 11.2. The second-order valence-corrected chi connectivity index (χ2v) is 6.17. The van der Waals surface area contributed by atoms with Crippen LogP contribution in [0.3, 0.4) is 0 Å². The highest BCUT2D eigenvalue weighted by molar-refractivity contribution is 14.1. The van der Waals surface area contributed by atoms with Crippen molar-refractivity contribution >= 4 is 34.1 Å². The Balaban J connectivity index is 2.15. The van der Waals surface area contributed by atoms with E-state index in [9.17, 15) is 0 Å². The monoisotopic (exact) mass is 324 g/mol. The first-order chi connectivity index (χ1) is 6.66. The lowest BCUT2D eigenvalue weighted by Gasteiger charge is -2.35. The molecule has 4 nitrogen and oxygen atoms in total. The van der Waals surface area contributed by atoms with Gasteiger partial charge in [-0.2, -0.15) is 4.37 Å². The van der Waals surface area contributed by atoms with Gasteiger partial charge in [0.05, 0.1) is 6.04 Å². The van der Waals surface area contributed by atoms with E-state index in [2.05, 4.69) is 55.8 Å². The van der Waals surface area contributed by atoms with E-state index < -0.39 is 0 Å². The van der Waals surface area contributed by atoms with Crippen LogP contribution in [0.4, 0.5) is 0 Å². The average Bonchev–Trinajstić information content (AvgIpc) is 2.56. The molecule has 1 aliphatic heterocycles. The van der Waals surface area contributed by atoms with Crippen LogP contribution in [-0.2, 0) is 0 Å². The third kappa shape index (κ3) is 2.23. The van der Waals surface area contributed by atoms with Crippen molar-refractivity contribution in [2.24, 2.45) is 0 Å². The molecule has 1 atom stereocenters. The third-order valence-corrected chi connectivity index (χ3v) is 3.92. The van der Waals surface area contributed by atoms with Crippen molar-refractivity contribution in [3.05, 3.63) is 8.84 Å². The Morgan fingerprint density at radius 3 is 2.86 bits per heavy atom. The fourth-order valence-corrected chi connectivity index (χ4v) is 2.65. The van der Waals surface area contributed by atoms with E-state index in [0.717, 1.165) is 28.5 Å². The third-order valence-electron chi connectivity index (χ3n) is 2.57. The van der Waals surface area contributed by atoms with E-state index in [4.69, 9.17) is 0 Å². The van der Waals surface area contributed by atoms with Gasteiger partial charge in [-0.25, -0.2) is 4.98 Å². The smallest absolute Gasteiger partial charge is 0.174 e. The summed E-state index contributed by atoms with van der Waals surface area (Å²) in [5.41, 5.74) is 0. The normalized spacial score (nSPS) is 25.5. The van der Waals surface area contributed by atoms with Crippen molar-refractivity contribution in [1.29, 1.82) is 0 Å². The zero-order valence-electron chi connectivity index (χ0n) is 8.27. The number of hydrogen-bond acceptors (Lipinski definition) is 5. The molecule has 1 aliphatic rings. The van der Waals surface area contributed by atoms with Crippen molar-refractivity contribution in [1.82, 2.24) is 19.2 Å². The second-order valence-electron chi connectivity index (χ2n) is 3.66. The van der Waals surface area contributed by atoms with Gasteiger partial charge in [-0.3, -0.25) is 4.90 Å². The minimum Gasteiger partial charge on any atom is -0.303 e. The molecule has 0 aliphatic carbocycles. The highest BCUT2D eigenvalue weighted by Gasteiger charge is 2.26. The molecular formula is C8H13IN4S. The summed E-state index contributed by atoms with van der Waals surface area (Å²) < 4.78 is 5.41. The van der Waals surface area contributed by atoms with Crippen LogP contribution in [0.5, 0.6) is 0 Å². The van der Waals surface area contributed by atoms with Gasteiger partial charge >= 0.3 is 0 Å². The molecule has 0 spiro atoms. The average molecular weight is 324 g/mol. The topological polar surface area (TPSA) is 32.3 Å². The number of hydrogen-bond donors (Lipinski definition) is 0. The molecule has 1 unspecified atom stereocenters. The van der Waals surface area contributed by atoms with Crippen LogP contribution in [0, 0.1) is 3.01 Å². The Morgan fingerprint density at radius 1 is 1.43 bits per heavy atom. The van der Waals surface area contributed by atoms with Gasteiger partial charge in [-0.15, -0.1) is 0 Å². The Morgan fingerprint density at radius 2 is 2.21 bits per heavy atom. The van der Waals surface area contributed by atoms with Gasteiger partial charge in [-0.1, -0.05) is 0 Å². The summed E-state index contributed by atoms with van der Waals surface area (Å²) in [4.78, 5) is 9.11. The van der Waals surface area contributed by atoms with Crippen LogP contribution in [0.25, 0.3) is 0 Å². The standard InChI is InChI=1S/C8H13IN4S/c1-12-3-4-13(2)6(5-12)7-10-8(9)14-11-7/h6H,3-5H2,1-2H3. The highest BCUT2D eigenvalue weighted by Crippen LogP contribution is 2.22. The molecule has 1 saturated heterocycles. The van der Waals surface area contributed by atoms with Gasteiger partial charge in [-0.05, 0) is 48.2 Å². The predicted molar refractivity (Wildman–Crippen MR) is 65.5 cm³/mol. The Bertz CT molecular complexity index is 316. The van der Waals surface area contributed by atoms with Crippen molar-refractivity contribution in [3.8, 4) is 0 Å². The van der Waals surface area contributed by atoms with Crippen LogP contribution < -0.4 is 0 Å². The Labute approximate surface area is 102 Å². The summed E-state index contributed by atoms with van der Waals surface area (Å²) in [6, 6.07) is 0.369. The van der Waals surface area contributed by atoms with Crippen molar-refractivity contribution in [2.75, 3.05) is 33.7 Å². The molecule has 1 aromatic rings. The summed E-state index contributed by atoms with van der Waals surface area (Å²) in [6.07, 6.45) is 0. The van der Waals surface area contributed by atoms with Crippen LogP contribution >= 0.6 is 34.1 Å². The predicted octanol–water partition coefficient (Wildman–Crippen LogP) is 1.06. The van der Waals surface area contributed by atoms with E-state index in [1.54, 1.807) is 0 Å². The lowest BCUT2D eigenvalue weighted by Crippen LogP contribution is -2.45. The van der Waals surface area contributed by atoms with E-state index >= 15 is 0 Å². The van der Waals surface area contributed by atoms with Crippen molar-refractivity contribution < 1.29 is 0 Å². The van der Waals surface area contributed by atoms with Crippen LogP contribution in [-0.4, -0.2) is 52.9 Å². The highest BCUT2D eigenvalue weighted by atomic mass is 127. The maximum Gasteiger partial charge on any atom is 0.174 e. The lowest BCUT2D eigenvalue weighted by atomic mass is 10.2. The minimum atomic E-state index is 0.369. The molecule has 0 N–H and O–H groups in total. The molecule has 14 heavy (non-hydrogen) atoms. The first kappa shape index (κ1) is 10.7. The molecule has 2 rings (SSSR count). The summed E-state index contributed by atoms with van der Waals surface area (Å²) in [5.74, 6) is 0.980. The quantitative estimate of drug-likeness (QED) is 0.723. The molecule has 6 heteroatoms. The van der Waals surface area contributed by atoms with Gasteiger partial charge in [0.1, 0.15) is 0 Å².